The highest BCUT2D eigenvalue weighted by atomic mass is 35.5. The van der Waals surface area contributed by atoms with Crippen molar-refractivity contribution in [2.45, 2.75) is 30.7 Å². The van der Waals surface area contributed by atoms with Gasteiger partial charge in [0, 0.05) is 6.20 Å². The smallest absolute Gasteiger partial charge is 0.229 e. The third kappa shape index (κ3) is 2.56. The Hall–Kier alpha value is -1.35. The van der Waals surface area contributed by atoms with E-state index in [1.54, 1.807) is 24.4 Å². The van der Waals surface area contributed by atoms with Crippen LogP contribution in [0.2, 0.25) is 5.02 Å². The van der Waals surface area contributed by atoms with E-state index >= 15 is 0 Å². The van der Waals surface area contributed by atoms with Crippen LogP contribution in [0, 0.1) is 0 Å². The first-order chi connectivity index (χ1) is 10.5. The zero-order chi connectivity index (χ0) is 15.9. The van der Waals surface area contributed by atoms with Crippen molar-refractivity contribution in [2.24, 2.45) is 0 Å². The number of fused-ring (bicyclic) bond motifs is 1. The molecule has 1 fully saturated rings. The lowest BCUT2D eigenvalue weighted by molar-refractivity contribution is -0.277. The van der Waals surface area contributed by atoms with Crippen molar-refractivity contribution in [1.82, 2.24) is 4.98 Å². The molecule has 0 unspecified atom stereocenters. The molecule has 7 nitrogen and oxygen atoms in total. The average molecular weight is 330 g/mol. The van der Waals surface area contributed by atoms with Gasteiger partial charge in [-0.3, -0.25) is 0 Å². The van der Waals surface area contributed by atoms with Crippen LogP contribution in [-0.2, 0) is 4.74 Å². The van der Waals surface area contributed by atoms with E-state index in [4.69, 9.17) is 26.2 Å². The van der Waals surface area contributed by atoms with Gasteiger partial charge in [-0.25, -0.2) is 0 Å². The fourth-order valence-electron chi connectivity index (χ4n) is 2.49. The van der Waals surface area contributed by atoms with E-state index in [0.29, 0.717) is 16.2 Å². The largest absolute Gasteiger partial charge is 0.460 e. The maximum absolute atomic E-state index is 9.98. The molecule has 0 bridgehead atoms. The quantitative estimate of drug-likeness (QED) is 0.541. The second-order valence-corrected chi connectivity index (χ2v) is 5.54. The summed E-state index contributed by atoms with van der Waals surface area (Å²) in [4.78, 5) is 2.97. The van der Waals surface area contributed by atoms with Crippen molar-refractivity contribution < 1.29 is 29.9 Å². The summed E-state index contributed by atoms with van der Waals surface area (Å²) in [5, 5.41) is 39.7. The summed E-state index contributed by atoms with van der Waals surface area (Å²) in [5.74, 6) is 0.338. The Morgan fingerprint density at radius 2 is 1.95 bits per heavy atom. The molecule has 22 heavy (non-hydrogen) atoms. The van der Waals surface area contributed by atoms with Gasteiger partial charge in [-0.15, -0.1) is 0 Å². The Morgan fingerprint density at radius 3 is 2.68 bits per heavy atom. The maximum Gasteiger partial charge on any atom is 0.229 e. The number of ether oxygens (including phenoxy) is 2. The number of aromatic nitrogens is 1. The van der Waals surface area contributed by atoms with Crippen molar-refractivity contribution >= 4 is 22.5 Å². The average Bonchev–Trinajstić information content (AvgIpc) is 2.92. The zero-order valence-corrected chi connectivity index (χ0v) is 12.1. The number of aromatic amines is 1. The molecule has 0 radical (unpaired) electrons. The number of benzene rings is 1. The highest BCUT2D eigenvalue weighted by molar-refractivity contribution is 6.36. The second kappa shape index (κ2) is 6.04. The van der Waals surface area contributed by atoms with Crippen molar-refractivity contribution in [3.8, 4) is 5.75 Å². The molecular formula is C14H16ClNO6. The van der Waals surface area contributed by atoms with Crippen LogP contribution < -0.4 is 4.74 Å². The van der Waals surface area contributed by atoms with Gasteiger partial charge in [0.25, 0.3) is 0 Å². The fraction of sp³-hybridized carbons (Fsp3) is 0.429. The van der Waals surface area contributed by atoms with E-state index in [1.807, 2.05) is 0 Å². The van der Waals surface area contributed by atoms with Gasteiger partial charge < -0.3 is 34.9 Å². The summed E-state index contributed by atoms with van der Waals surface area (Å²) >= 11 is 6.13. The van der Waals surface area contributed by atoms with Crippen LogP contribution in [0.1, 0.15) is 0 Å². The van der Waals surface area contributed by atoms with Crippen LogP contribution >= 0.6 is 11.6 Å². The lowest BCUT2D eigenvalue weighted by Crippen LogP contribution is -2.60. The van der Waals surface area contributed by atoms with Crippen LogP contribution in [-0.4, -0.2) is 62.7 Å². The predicted molar refractivity (Wildman–Crippen MR) is 77.7 cm³/mol. The summed E-state index contributed by atoms with van der Waals surface area (Å²) < 4.78 is 10.9. The molecule has 0 spiro atoms. The minimum atomic E-state index is -1.49. The summed E-state index contributed by atoms with van der Waals surface area (Å²) in [5.41, 5.74) is 0.743. The molecule has 1 aromatic carbocycles. The Bertz CT molecular complexity index is 660. The molecule has 1 aromatic heterocycles. The van der Waals surface area contributed by atoms with E-state index in [2.05, 4.69) is 4.98 Å². The first kappa shape index (κ1) is 15.5. The molecular weight excluding hydrogens is 314 g/mol. The molecule has 2 heterocycles. The number of hydrogen-bond donors (Lipinski definition) is 5. The highest BCUT2D eigenvalue weighted by Gasteiger charge is 2.44. The number of aliphatic hydroxyl groups is 4. The Labute approximate surface area is 130 Å². The minimum Gasteiger partial charge on any atom is -0.460 e. The molecule has 120 valence electrons. The topological polar surface area (TPSA) is 115 Å². The number of H-pyrrole nitrogens is 1. The van der Waals surface area contributed by atoms with Crippen molar-refractivity contribution in [2.75, 3.05) is 6.61 Å². The first-order valence-electron chi connectivity index (χ1n) is 6.75. The molecule has 0 amide bonds. The Balaban J connectivity index is 1.88. The third-order valence-corrected chi connectivity index (χ3v) is 4.03. The van der Waals surface area contributed by atoms with Gasteiger partial charge in [0.05, 0.1) is 22.5 Å². The zero-order valence-electron chi connectivity index (χ0n) is 11.4. The number of halogens is 1. The molecule has 5 atom stereocenters. The lowest BCUT2D eigenvalue weighted by Gasteiger charge is -2.39. The van der Waals surface area contributed by atoms with E-state index < -0.39 is 37.3 Å². The molecule has 0 aliphatic carbocycles. The monoisotopic (exact) mass is 329 g/mol. The minimum absolute atomic E-state index is 0.338. The van der Waals surface area contributed by atoms with E-state index in [-0.39, 0.29) is 0 Å². The van der Waals surface area contributed by atoms with Crippen LogP contribution in [0.3, 0.4) is 0 Å². The number of nitrogens with one attached hydrogen (secondary N) is 1. The molecule has 0 saturated carbocycles. The van der Waals surface area contributed by atoms with E-state index in [0.717, 1.165) is 5.52 Å². The number of hydrogen-bond acceptors (Lipinski definition) is 6. The Kier molecular flexibility index (Phi) is 4.26. The normalized spacial score (nSPS) is 32.3. The van der Waals surface area contributed by atoms with Crippen molar-refractivity contribution in [3.05, 3.63) is 29.4 Å². The molecule has 1 aliphatic rings. The lowest BCUT2D eigenvalue weighted by atomic mass is 9.99. The summed E-state index contributed by atoms with van der Waals surface area (Å²) in [6.45, 7) is -0.514. The van der Waals surface area contributed by atoms with Crippen LogP contribution in [0.5, 0.6) is 5.75 Å². The summed E-state index contributed by atoms with van der Waals surface area (Å²) in [6.07, 6.45) is -5.10. The molecule has 8 heteroatoms. The summed E-state index contributed by atoms with van der Waals surface area (Å²) in [6, 6.07) is 5.28. The summed E-state index contributed by atoms with van der Waals surface area (Å²) in [7, 11) is 0. The number of rotatable bonds is 3. The Morgan fingerprint density at radius 1 is 1.18 bits per heavy atom. The van der Waals surface area contributed by atoms with Gasteiger partial charge >= 0.3 is 0 Å². The second-order valence-electron chi connectivity index (χ2n) is 5.13. The van der Waals surface area contributed by atoms with Crippen LogP contribution in [0.4, 0.5) is 0 Å². The van der Waals surface area contributed by atoms with Crippen LogP contribution in [0.15, 0.2) is 24.4 Å². The predicted octanol–water partition coefficient (Wildman–Crippen LogP) is -0.000000000000000278. The molecule has 2 aromatic rings. The SMILES string of the molecule is OC[C@H]1O[C@@H](Oc2c[nH]c3cccc(Cl)c23)[C@H](O)[C@H](O)[C@H]1O. The van der Waals surface area contributed by atoms with Gasteiger partial charge in [0.1, 0.15) is 30.2 Å². The van der Waals surface area contributed by atoms with Gasteiger partial charge in [-0.1, -0.05) is 17.7 Å². The van der Waals surface area contributed by atoms with E-state index in [9.17, 15) is 15.3 Å². The molecule has 1 aliphatic heterocycles. The number of aliphatic hydroxyl groups excluding tert-OH is 4. The molecule has 3 rings (SSSR count). The van der Waals surface area contributed by atoms with Gasteiger partial charge in [-0.2, -0.15) is 0 Å². The fourth-order valence-corrected chi connectivity index (χ4v) is 2.76. The van der Waals surface area contributed by atoms with Gasteiger partial charge in [0.15, 0.2) is 0 Å². The maximum atomic E-state index is 9.98. The third-order valence-electron chi connectivity index (χ3n) is 3.71. The first-order valence-corrected chi connectivity index (χ1v) is 7.13. The van der Waals surface area contributed by atoms with Crippen molar-refractivity contribution in [3.63, 3.8) is 0 Å². The molecule has 5 N–H and O–H groups in total. The van der Waals surface area contributed by atoms with Gasteiger partial charge in [-0.05, 0) is 12.1 Å². The van der Waals surface area contributed by atoms with Crippen LogP contribution in [0.25, 0.3) is 10.9 Å². The standard InChI is InChI=1S/C14H16ClNO6/c15-6-2-1-3-7-10(6)8(4-16-7)21-14-13(20)12(19)11(18)9(5-17)22-14/h1-4,9,11-14,16-20H,5H2/t9-,11+,12-,13-,14-/m1/s1. The van der Waals surface area contributed by atoms with Crippen molar-refractivity contribution in [1.29, 1.82) is 0 Å². The highest BCUT2D eigenvalue weighted by Crippen LogP contribution is 2.34. The van der Waals surface area contributed by atoms with E-state index in [1.165, 1.54) is 0 Å². The van der Waals surface area contributed by atoms with Gasteiger partial charge in [0.2, 0.25) is 6.29 Å². The molecule has 1 saturated heterocycles.